The minimum Gasteiger partial charge on any atom is -0.485 e. The number of carbonyl (C=O) groups is 1. The van der Waals surface area contributed by atoms with Crippen molar-refractivity contribution < 1.29 is 9.53 Å². The molecule has 6 nitrogen and oxygen atoms in total. The fourth-order valence-electron chi connectivity index (χ4n) is 3.35. The van der Waals surface area contributed by atoms with Gasteiger partial charge in [0, 0.05) is 18.7 Å². The quantitative estimate of drug-likeness (QED) is 0.494. The number of aryl methyl sites for hydroxylation is 2. The first-order chi connectivity index (χ1) is 15.1. The van der Waals surface area contributed by atoms with Gasteiger partial charge in [-0.2, -0.15) is 0 Å². The molecule has 0 spiro atoms. The molecular weight excluding hydrogens is 390 g/mol. The number of fused-ring (bicyclic) bond motifs is 1. The maximum Gasteiger partial charge on any atom is 0.258 e. The number of anilines is 1. The van der Waals surface area contributed by atoms with E-state index in [4.69, 9.17) is 4.74 Å². The molecule has 0 bridgehead atoms. The lowest BCUT2D eigenvalue weighted by atomic mass is 10.1. The summed E-state index contributed by atoms with van der Waals surface area (Å²) in [7, 11) is 0. The van der Waals surface area contributed by atoms with Crippen molar-refractivity contribution in [3.63, 3.8) is 0 Å². The number of nitrogens with zero attached hydrogens (tertiary/aromatic N) is 2. The van der Waals surface area contributed by atoms with Gasteiger partial charge in [0.2, 0.25) is 5.91 Å². The molecule has 156 valence electrons. The Morgan fingerprint density at radius 2 is 1.81 bits per heavy atom. The number of carbonyl (C=O) groups excluding carboxylic acids is 1. The maximum absolute atomic E-state index is 12.4. The van der Waals surface area contributed by atoms with Crippen molar-refractivity contribution in [3.05, 3.63) is 106 Å². The number of hydrogen-bond acceptors (Lipinski definition) is 4. The molecule has 0 aliphatic rings. The van der Waals surface area contributed by atoms with E-state index in [1.165, 1.54) is 10.5 Å². The summed E-state index contributed by atoms with van der Waals surface area (Å²) in [6, 6.07) is 22.3. The third kappa shape index (κ3) is 4.98. The molecule has 0 atom stereocenters. The Labute approximate surface area is 180 Å². The van der Waals surface area contributed by atoms with Gasteiger partial charge < -0.3 is 10.1 Å². The second-order valence-corrected chi connectivity index (χ2v) is 7.29. The van der Waals surface area contributed by atoms with Crippen molar-refractivity contribution in [1.82, 2.24) is 9.38 Å². The number of nitrogens with one attached hydrogen (secondary N) is 1. The standard InChI is InChI=1S/C25H23N3O3/c1-18-8-7-15-28-24(30)16-20(26-25(18)28)17-31-22-12-6-5-11-21(22)27-23(29)14-13-19-9-3-2-4-10-19/h2-12,15-16H,13-14,17H2,1H3,(H,27,29). The van der Waals surface area contributed by atoms with E-state index in [2.05, 4.69) is 10.3 Å². The average molecular weight is 413 g/mol. The van der Waals surface area contributed by atoms with Crippen molar-refractivity contribution in [3.8, 4) is 5.75 Å². The normalized spacial score (nSPS) is 10.7. The van der Waals surface area contributed by atoms with Crippen LogP contribution in [0.3, 0.4) is 0 Å². The molecule has 0 saturated heterocycles. The lowest BCUT2D eigenvalue weighted by molar-refractivity contribution is -0.116. The zero-order valence-corrected chi connectivity index (χ0v) is 17.2. The smallest absolute Gasteiger partial charge is 0.258 e. The topological polar surface area (TPSA) is 72.7 Å². The van der Waals surface area contributed by atoms with Crippen molar-refractivity contribution in [2.75, 3.05) is 5.32 Å². The Morgan fingerprint density at radius 3 is 2.65 bits per heavy atom. The van der Waals surface area contributed by atoms with Crippen LogP contribution in [0.15, 0.2) is 83.8 Å². The number of amides is 1. The Kier molecular flexibility index (Phi) is 6.08. The molecule has 0 aliphatic carbocycles. The molecule has 1 N–H and O–H groups in total. The van der Waals surface area contributed by atoms with E-state index in [0.717, 1.165) is 11.1 Å². The number of benzene rings is 2. The molecule has 0 saturated carbocycles. The van der Waals surface area contributed by atoms with E-state index in [9.17, 15) is 9.59 Å². The molecule has 6 heteroatoms. The Balaban J connectivity index is 1.44. The lowest BCUT2D eigenvalue weighted by Gasteiger charge is -2.13. The highest BCUT2D eigenvalue weighted by Gasteiger charge is 2.10. The molecule has 0 unspecified atom stereocenters. The molecule has 2 aromatic heterocycles. The fourth-order valence-corrected chi connectivity index (χ4v) is 3.35. The van der Waals surface area contributed by atoms with Crippen molar-refractivity contribution in [1.29, 1.82) is 0 Å². The first-order valence-corrected chi connectivity index (χ1v) is 10.1. The van der Waals surface area contributed by atoms with Gasteiger partial charge in [0.15, 0.2) is 0 Å². The summed E-state index contributed by atoms with van der Waals surface area (Å²) < 4.78 is 7.42. The van der Waals surface area contributed by atoms with E-state index in [-0.39, 0.29) is 18.1 Å². The number of hydrogen-bond donors (Lipinski definition) is 1. The molecule has 2 aromatic carbocycles. The summed E-state index contributed by atoms with van der Waals surface area (Å²) in [5, 5.41) is 2.92. The van der Waals surface area contributed by atoms with Gasteiger partial charge in [0.25, 0.3) is 5.56 Å². The van der Waals surface area contributed by atoms with Gasteiger partial charge in [-0.25, -0.2) is 4.98 Å². The van der Waals surface area contributed by atoms with Crippen LogP contribution >= 0.6 is 0 Å². The van der Waals surface area contributed by atoms with Crippen molar-refractivity contribution >= 4 is 17.2 Å². The van der Waals surface area contributed by atoms with E-state index < -0.39 is 0 Å². The zero-order valence-electron chi connectivity index (χ0n) is 17.2. The van der Waals surface area contributed by atoms with Gasteiger partial charge in [-0.3, -0.25) is 14.0 Å². The summed E-state index contributed by atoms with van der Waals surface area (Å²) >= 11 is 0. The Hall–Kier alpha value is -3.93. The number of pyridine rings is 1. The molecule has 1 amide bonds. The second-order valence-electron chi connectivity index (χ2n) is 7.29. The van der Waals surface area contributed by atoms with Crippen LogP contribution in [0.25, 0.3) is 5.65 Å². The van der Waals surface area contributed by atoms with Crippen molar-refractivity contribution in [2.45, 2.75) is 26.4 Å². The first kappa shape index (κ1) is 20.3. The monoisotopic (exact) mass is 413 g/mol. The van der Waals surface area contributed by atoms with Gasteiger partial charge in [-0.15, -0.1) is 0 Å². The average Bonchev–Trinajstić information content (AvgIpc) is 2.78. The highest BCUT2D eigenvalue weighted by atomic mass is 16.5. The number of aromatic nitrogens is 2. The minimum absolute atomic E-state index is 0.0856. The van der Waals surface area contributed by atoms with E-state index >= 15 is 0 Å². The van der Waals surface area contributed by atoms with Crippen molar-refractivity contribution in [2.24, 2.45) is 0 Å². The van der Waals surface area contributed by atoms with Crippen LogP contribution in [0.2, 0.25) is 0 Å². The Morgan fingerprint density at radius 1 is 1.03 bits per heavy atom. The van der Waals surface area contributed by atoms with Crippen LogP contribution in [-0.4, -0.2) is 15.3 Å². The molecule has 2 heterocycles. The number of rotatable bonds is 7. The van der Waals surface area contributed by atoms with Crippen LogP contribution in [0, 0.1) is 6.92 Å². The molecule has 0 fully saturated rings. The van der Waals surface area contributed by atoms with Gasteiger partial charge in [0.05, 0.1) is 11.4 Å². The van der Waals surface area contributed by atoms with E-state index in [0.29, 0.717) is 35.6 Å². The second kappa shape index (κ2) is 9.26. The Bertz CT molecular complexity index is 1270. The van der Waals surface area contributed by atoms with Crippen LogP contribution < -0.4 is 15.6 Å². The van der Waals surface area contributed by atoms with Crippen LogP contribution in [0.5, 0.6) is 5.75 Å². The largest absolute Gasteiger partial charge is 0.485 e. The molecule has 4 aromatic rings. The van der Waals surface area contributed by atoms with Crippen LogP contribution in [0.1, 0.15) is 23.2 Å². The number of ether oxygens (including phenoxy) is 1. The van der Waals surface area contributed by atoms with Gasteiger partial charge in [-0.1, -0.05) is 48.5 Å². The third-order valence-corrected chi connectivity index (χ3v) is 4.96. The minimum atomic E-state index is -0.158. The summed E-state index contributed by atoms with van der Waals surface area (Å²) in [5.74, 6) is 0.444. The van der Waals surface area contributed by atoms with Gasteiger partial charge in [-0.05, 0) is 42.7 Å². The first-order valence-electron chi connectivity index (χ1n) is 10.1. The summed E-state index contributed by atoms with van der Waals surface area (Å²) in [4.78, 5) is 29.3. The summed E-state index contributed by atoms with van der Waals surface area (Å²) in [6.07, 6.45) is 2.74. The summed E-state index contributed by atoms with van der Waals surface area (Å²) in [5.41, 5.74) is 3.60. The molecule has 31 heavy (non-hydrogen) atoms. The highest BCUT2D eigenvalue weighted by Crippen LogP contribution is 2.25. The SMILES string of the molecule is Cc1cccn2c(=O)cc(COc3ccccc3NC(=O)CCc3ccccc3)nc12. The zero-order chi connectivity index (χ0) is 21.6. The molecule has 4 rings (SSSR count). The van der Waals surface area contributed by atoms with E-state index in [1.54, 1.807) is 18.3 Å². The predicted octanol–water partition coefficient (Wildman–Crippen LogP) is 4.15. The molecular formula is C25H23N3O3. The molecule has 0 radical (unpaired) electrons. The lowest BCUT2D eigenvalue weighted by Crippen LogP contribution is -2.17. The van der Waals surface area contributed by atoms with E-state index in [1.807, 2.05) is 61.5 Å². The third-order valence-electron chi connectivity index (χ3n) is 4.96. The van der Waals surface area contributed by atoms with Crippen LogP contribution in [0.4, 0.5) is 5.69 Å². The van der Waals surface area contributed by atoms with Gasteiger partial charge in [0.1, 0.15) is 18.0 Å². The van der Waals surface area contributed by atoms with Crippen LogP contribution in [-0.2, 0) is 17.8 Å². The number of para-hydroxylation sites is 2. The maximum atomic E-state index is 12.4. The fraction of sp³-hybridized carbons (Fsp3) is 0.160. The molecule has 0 aliphatic heterocycles. The summed E-state index contributed by atoms with van der Waals surface area (Å²) in [6.45, 7) is 2.03. The highest BCUT2D eigenvalue weighted by molar-refractivity contribution is 5.92. The van der Waals surface area contributed by atoms with Gasteiger partial charge >= 0.3 is 0 Å². The predicted molar refractivity (Wildman–Crippen MR) is 120 cm³/mol.